The standard InChI is InChI=1S/C24H33F2IO5/c1-18(2)32-23(29)13-9-4-3-8-12-20-21(27(30)16-22(20)28)14-15-24(25,26)17-31-19-10-6-5-7-11-19/h3,5-8,10-11,14-15,18,20-22,28,30H,4,9,12-13,16-17H2,1-2H3/b8-3-,15-14+/t20-,21-,22+/m1/s1. The van der Waals surface area contributed by atoms with Crippen LogP contribution in [0.15, 0.2) is 54.6 Å². The maximum absolute atomic E-state index is 14.3. The topological polar surface area (TPSA) is 76.0 Å². The summed E-state index contributed by atoms with van der Waals surface area (Å²) in [6.45, 7) is 2.83. The van der Waals surface area contributed by atoms with Gasteiger partial charge in [0.1, 0.15) is 0 Å². The Balaban J connectivity index is 1.83. The van der Waals surface area contributed by atoms with Gasteiger partial charge < -0.3 is 0 Å². The first-order chi connectivity index (χ1) is 15.2. The molecule has 32 heavy (non-hydrogen) atoms. The molecule has 0 aromatic heterocycles. The number of carbonyl (C=O) groups is 1. The molecule has 0 radical (unpaired) electrons. The van der Waals surface area contributed by atoms with Crippen LogP contribution in [0.1, 0.15) is 39.5 Å². The Hall–Kier alpha value is -1.52. The Bertz CT molecular complexity index is 754. The molecule has 1 fully saturated rings. The van der Waals surface area contributed by atoms with Crippen LogP contribution in [-0.2, 0) is 9.53 Å². The molecule has 1 aliphatic rings. The van der Waals surface area contributed by atoms with Crippen LogP contribution < -0.4 is 4.74 Å². The normalized spacial score (nSPS) is 22.8. The third-order valence-electron chi connectivity index (χ3n) is 4.90. The molecule has 0 bridgehead atoms. The molecule has 0 spiro atoms. The quantitative estimate of drug-likeness (QED) is 0.121. The van der Waals surface area contributed by atoms with E-state index in [1.807, 2.05) is 12.2 Å². The molecule has 1 saturated heterocycles. The number of aliphatic hydroxyl groups is 1. The van der Waals surface area contributed by atoms with E-state index in [1.165, 1.54) is 6.08 Å². The molecule has 1 aliphatic heterocycles. The average Bonchev–Trinajstić information content (AvgIpc) is 3.00. The molecule has 0 unspecified atom stereocenters. The van der Waals surface area contributed by atoms with E-state index < -0.39 is 42.8 Å². The van der Waals surface area contributed by atoms with Crippen molar-refractivity contribution < 1.29 is 31.6 Å². The van der Waals surface area contributed by atoms with Crippen molar-refractivity contribution in [1.29, 1.82) is 0 Å². The maximum atomic E-state index is 14.3. The molecule has 2 N–H and O–H groups in total. The van der Waals surface area contributed by atoms with Gasteiger partial charge in [-0.15, -0.1) is 0 Å². The van der Waals surface area contributed by atoms with Gasteiger partial charge in [-0.1, -0.05) is 0 Å². The second kappa shape index (κ2) is 13.3. The Morgan fingerprint density at radius 2 is 2.00 bits per heavy atom. The van der Waals surface area contributed by atoms with Crippen LogP contribution in [0.2, 0.25) is 0 Å². The van der Waals surface area contributed by atoms with Crippen molar-refractivity contribution in [2.45, 2.75) is 61.6 Å². The number of benzene rings is 1. The first kappa shape index (κ1) is 26.7. The Morgan fingerprint density at radius 1 is 1.28 bits per heavy atom. The zero-order valence-corrected chi connectivity index (χ0v) is 20.7. The van der Waals surface area contributed by atoms with Crippen LogP contribution >= 0.6 is 20.2 Å². The summed E-state index contributed by atoms with van der Waals surface area (Å²) >= 11 is -2.54. The van der Waals surface area contributed by atoms with E-state index in [1.54, 1.807) is 44.2 Å². The first-order valence-electron chi connectivity index (χ1n) is 10.8. The van der Waals surface area contributed by atoms with E-state index >= 15 is 0 Å². The van der Waals surface area contributed by atoms with Gasteiger partial charge in [-0.3, -0.25) is 0 Å². The summed E-state index contributed by atoms with van der Waals surface area (Å²) < 4.78 is 49.1. The minimum atomic E-state index is -3.18. The first-order valence-corrected chi connectivity index (χ1v) is 14.5. The molecule has 5 nitrogen and oxygen atoms in total. The Labute approximate surface area is 196 Å². The summed E-state index contributed by atoms with van der Waals surface area (Å²) in [5.74, 6) is -3.31. The summed E-state index contributed by atoms with van der Waals surface area (Å²) in [6, 6.07) is 8.42. The Morgan fingerprint density at radius 3 is 2.69 bits per heavy atom. The second-order valence-electron chi connectivity index (χ2n) is 8.06. The third kappa shape index (κ3) is 9.54. The van der Waals surface area contributed by atoms with Crippen molar-refractivity contribution in [3.63, 3.8) is 0 Å². The Kier molecular flexibility index (Phi) is 11.1. The summed E-state index contributed by atoms with van der Waals surface area (Å²) in [7, 11) is 0. The van der Waals surface area contributed by atoms with Crippen LogP contribution in [0.25, 0.3) is 0 Å². The number of ether oxygens (including phenoxy) is 2. The van der Waals surface area contributed by atoms with Crippen LogP contribution in [0.3, 0.4) is 0 Å². The van der Waals surface area contributed by atoms with E-state index in [4.69, 9.17) is 9.47 Å². The number of para-hydroxylation sites is 1. The van der Waals surface area contributed by atoms with E-state index in [0.29, 0.717) is 35.9 Å². The van der Waals surface area contributed by atoms with Crippen LogP contribution in [0.4, 0.5) is 8.78 Å². The van der Waals surface area contributed by atoms with Crippen LogP contribution in [0.5, 0.6) is 5.75 Å². The number of allylic oxidation sites excluding steroid dienone is 3. The monoisotopic (exact) mass is 566 g/mol. The number of aliphatic hydroxyl groups excluding tert-OH is 1. The van der Waals surface area contributed by atoms with Crippen molar-refractivity contribution in [3.8, 4) is 5.75 Å². The summed E-state index contributed by atoms with van der Waals surface area (Å²) in [5.41, 5.74) is 0. The molecule has 1 heterocycles. The van der Waals surface area contributed by atoms with E-state index in [2.05, 4.69) is 0 Å². The van der Waals surface area contributed by atoms with Crippen molar-refractivity contribution in [2.75, 3.05) is 11.0 Å². The van der Waals surface area contributed by atoms with Gasteiger partial charge in [-0.2, -0.15) is 0 Å². The van der Waals surface area contributed by atoms with E-state index in [0.717, 1.165) is 6.08 Å². The molecule has 0 aliphatic carbocycles. The van der Waals surface area contributed by atoms with Gasteiger partial charge in [-0.25, -0.2) is 0 Å². The molecule has 8 heteroatoms. The molecular formula is C24H33F2IO5. The van der Waals surface area contributed by atoms with Gasteiger partial charge >= 0.3 is 197 Å². The fraction of sp³-hybridized carbons (Fsp3) is 0.542. The molecule has 1 aromatic carbocycles. The number of carbonyl (C=O) groups excluding carboxylic acids is 1. The number of unbranched alkanes of at least 4 members (excludes halogenated alkanes) is 1. The number of alkyl halides is 4. The van der Waals surface area contributed by atoms with E-state index in [-0.39, 0.29) is 18.0 Å². The molecular weight excluding hydrogens is 533 g/mol. The zero-order valence-electron chi connectivity index (χ0n) is 18.5. The zero-order chi connectivity index (χ0) is 23.6. The van der Waals surface area contributed by atoms with Crippen LogP contribution in [-0.4, -0.2) is 47.6 Å². The molecule has 180 valence electrons. The second-order valence-corrected chi connectivity index (χ2v) is 12.5. The third-order valence-corrected chi connectivity index (χ3v) is 9.71. The molecule has 1 aromatic rings. The summed E-state index contributed by atoms with van der Waals surface area (Å²) in [5, 5.41) is 10.3. The van der Waals surface area contributed by atoms with Crippen molar-refractivity contribution in [1.82, 2.24) is 0 Å². The fourth-order valence-corrected chi connectivity index (χ4v) is 8.02. The van der Waals surface area contributed by atoms with Crippen molar-refractivity contribution >= 4 is 26.2 Å². The summed E-state index contributed by atoms with van der Waals surface area (Å²) in [4.78, 5) is 11.5. The van der Waals surface area contributed by atoms with Gasteiger partial charge in [-0.05, 0) is 0 Å². The van der Waals surface area contributed by atoms with Crippen molar-refractivity contribution in [2.24, 2.45) is 5.92 Å². The number of rotatable bonds is 12. The van der Waals surface area contributed by atoms with Gasteiger partial charge in [0.05, 0.1) is 0 Å². The van der Waals surface area contributed by atoms with Gasteiger partial charge in [0.15, 0.2) is 0 Å². The fourth-order valence-electron chi connectivity index (χ4n) is 3.33. The predicted octanol–water partition coefficient (Wildman–Crippen LogP) is 5.10. The number of hydrogen-bond acceptors (Lipinski definition) is 5. The summed E-state index contributed by atoms with van der Waals surface area (Å²) in [6.07, 6.45) is 7.35. The van der Waals surface area contributed by atoms with E-state index in [9.17, 15) is 22.1 Å². The van der Waals surface area contributed by atoms with Gasteiger partial charge in [0.25, 0.3) is 0 Å². The SMILES string of the molecule is CC(C)OC(=O)CCC/C=C\C[C@@H]1[C@@H](/C=C/C(F)(F)COc2ccccc2)I(O)C[C@@H]1O. The van der Waals surface area contributed by atoms with Gasteiger partial charge in [0, 0.05) is 0 Å². The molecule has 0 saturated carbocycles. The predicted molar refractivity (Wildman–Crippen MR) is 129 cm³/mol. The van der Waals surface area contributed by atoms with Crippen LogP contribution in [0, 0.1) is 5.92 Å². The number of hydrogen-bond donors (Lipinski definition) is 2. The number of halogens is 3. The molecule has 0 amide bonds. The molecule has 2 rings (SSSR count). The van der Waals surface area contributed by atoms with Crippen molar-refractivity contribution in [3.05, 3.63) is 54.6 Å². The molecule has 3 atom stereocenters. The minimum absolute atomic E-state index is 0.125. The number of esters is 1. The van der Waals surface area contributed by atoms with Gasteiger partial charge in [0.2, 0.25) is 0 Å². The average molecular weight is 566 g/mol.